The zero-order valence-corrected chi connectivity index (χ0v) is 15.0. The fourth-order valence-electron chi connectivity index (χ4n) is 2.03. The van der Waals surface area contributed by atoms with Crippen LogP contribution in [-0.4, -0.2) is 23.2 Å². The Labute approximate surface area is 136 Å². The fourth-order valence-corrected chi connectivity index (χ4v) is 3.30. The molecule has 8 heteroatoms. The predicted molar refractivity (Wildman–Crippen MR) is 85.8 cm³/mol. The van der Waals surface area contributed by atoms with Gasteiger partial charge in [0.15, 0.2) is 5.82 Å². The standard InChI is InChI=1S/C13H15BrClN3O2S/c1-8(2)7-18-12(16-17-13(18)21(15,19)20)11-6-10(14)5-4-9(11)3/h4-6,8H,7H2,1-3H3. The Morgan fingerprint density at radius 2 is 2.00 bits per heavy atom. The van der Waals surface area contributed by atoms with Gasteiger partial charge < -0.3 is 0 Å². The molecule has 0 aliphatic heterocycles. The predicted octanol–water partition coefficient (Wildman–Crippen LogP) is 3.60. The lowest BCUT2D eigenvalue weighted by Gasteiger charge is -2.13. The molecule has 0 amide bonds. The molecule has 0 unspecified atom stereocenters. The van der Waals surface area contributed by atoms with Gasteiger partial charge in [-0.05, 0) is 30.5 Å². The topological polar surface area (TPSA) is 64.8 Å². The number of rotatable bonds is 4. The van der Waals surface area contributed by atoms with Gasteiger partial charge >= 0.3 is 0 Å². The van der Waals surface area contributed by atoms with Crippen molar-refractivity contribution in [3.8, 4) is 11.4 Å². The third-order valence-electron chi connectivity index (χ3n) is 2.92. The van der Waals surface area contributed by atoms with Crippen LogP contribution in [0.2, 0.25) is 0 Å². The van der Waals surface area contributed by atoms with Crippen LogP contribution >= 0.6 is 26.6 Å². The Hall–Kier alpha value is -0.920. The van der Waals surface area contributed by atoms with Gasteiger partial charge in [0.25, 0.3) is 14.2 Å². The Bertz CT molecular complexity index is 772. The van der Waals surface area contributed by atoms with Crippen molar-refractivity contribution in [2.24, 2.45) is 5.92 Å². The van der Waals surface area contributed by atoms with Crippen molar-refractivity contribution in [1.82, 2.24) is 14.8 Å². The lowest BCUT2D eigenvalue weighted by atomic mass is 10.1. The second kappa shape index (κ2) is 6.06. The highest BCUT2D eigenvalue weighted by Gasteiger charge is 2.24. The Kier molecular flexibility index (Phi) is 4.75. The summed E-state index contributed by atoms with van der Waals surface area (Å²) in [5.41, 5.74) is 1.80. The molecular formula is C13H15BrClN3O2S. The Morgan fingerprint density at radius 1 is 1.33 bits per heavy atom. The summed E-state index contributed by atoms with van der Waals surface area (Å²) in [7, 11) is 1.52. The third-order valence-corrected chi connectivity index (χ3v) is 4.57. The highest BCUT2D eigenvalue weighted by atomic mass is 79.9. The quantitative estimate of drug-likeness (QED) is 0.746. The van der Waals surface area contributed by atoms with E-state index in [0.29, 0.717) is 12.4 Å². The SMILES string of the molecule is Cc1ccc(Br)cc1-c1nnc(S(=O)(=O)Cl)n1CC(C)C. The fraction of sp³-hybridized carbons (Fsp3) is 0.385. The first-order chi connectivity index (χ1) is 9.70. The van der Waals surface area contributed by atoms with Crippen LogP contribution in [0, 0.1) is 12.8 Å². The van der Waals surface area contributed by atoms with Crippen molar-refractivity contribution < 1.29 is 8.42 Å². The molecule has 0 aliphatic rings. The van der Waals surface area contributed by atoms with E-state index in [-0.39, 0.29) is 11.1 Å². The van der Waals surface area contributed by atoms with E-state index in [1.54, 1.807) is 4.57 Å². The molecular weight excluding hydrogens is 378 g/mol. The molecule has 0 saturated carbocycles. The van der Waals surface area contributed by atoms with Crippen molar-refractivity contribution in [2.45, 2.75) is 32.5 Å². The first kappa shape index (κ1) is 16.5. The van der Waals surface area contributed by atoms with E-state index in [9.17, 15) is 8.42 Å². The second-order valence-electron chi connectivity index (χ2n) is 5.21. The lowest BCUT2D eigenvalue weighted by Crippen LogP contribution is -2.12. The van der Waals surface area contributed by atoms with Crippen LogP contribution in [0.5, 0.6) is 0 Å². The zero-order valence-electron chi connectivity index (χ0n) is 11.8. The molecule has 0 atom stereocenters. The molecule has 0 spiro atoms. The van der Waals surface area contributed by atoms with E-state index >= 15 is 0 Å². The average Bonchev–Trinajstić information content (AvgIpc) is 2.74. The van der Waals surface area contributed by atoms with Crippen LogP contribution in [0.4, 0.5) is 0 Å². The van der Waals surface area contributed by atoms with E-state index < -0.39 is 9.05 Å². The Balaban J connectivity index is 2.69. The number of aromatic nitrogens is 3. The van der Waals surface area contributed by atoms with Crippen molar-refractivity contribution in [2.75, 3.05) is 0 Å². The molecule has 0 fully saturated rings. The average molecular weight is 393 g/mol. The van der Waals surface area contributed by atoms with Gasteiger partial charge in [-0.2, -0.15) is 0 Å². The number of halogens is 2. The van der Waals surface area contributed by atoms with Crippen LogP contribution in [-0.2, 0) is 15.6 Å². The molecule has 0 radical (unpaired) electrons. The first-order valence-corrected chi connectivity index (χ1v) is 9.44. The largest absolute Gasteiger partial charge is 0.297 e. The molecule has 21 heavy (non-hydrogen) atoms. The maximum Gasteiger partial charge on any atom is 0.296 e. The highest BCUT2D eigenvalue weighted by molar-refractivity contribution is 9.10. The van der Waals surface area contributed by atoms with Gasteiger partial charge in [0.05, 0.1) is 0 Å². The zero-order chi connectivity index (χ0) is 15.8. The van der Waals surface area contributed by atoms with Gasteiger partial charge in [-0.1, -0.05) is 35.8 Å². The summed E-state index contributed by atoms with van der Waals surface area (Å²) in [5, 5.41) is 7.59. The summed E-state index contributed by atoms with van der Waals surface area (Å²) in [6.45, 7) is 6.38. The second-order valence-corrected chi connectivity index (χ2v) is 8.58. The minimum atomic E-state index is -3.94. The van der Waals surface area contributed by atoms with Crippen LogP contribution in [0.15, 0.2) is 27.8 Å². The number of benzene rings is 1. The van der Waals surface area contributed by atoms with E-state index in [2.05, 4.69) is 26.1 Å². The van der Waals surface area contributed by atoms with Gasteiger partial charge in [0, 0.05) is 27.3 Å². The summed E-state index contributed by atoms with van der Waals surface area (Å²) in [6, 6.07) is 5.74. The summed E-state index contributed by atoms with van der Waals surface area (Å²) in [5.74, 6) is 0.728. The smallest absolute Gasteiger partial charge is 0.296 e. The van der Waals surface area contributed by atoms with E-state index in [4.69, 9.17) is 10.7 Å². The molecule has 1 aromatic carbocycles. The molecule has 0 saturated heterocycles. The van der Waals surface area contributed by atoms with Gasteiger partial charge in [0.1, 0.15) is 0 Å². The molecule has 1 heterocycles. The van der Waals surface area contributed by atoms with E-state index in [1.165, 1.54) is 0 Å². The summed E-state index contributed by atoms with van der Waals surface area (Å²) in [6.07, 6.45) is 0. The first-order valence-electron chi connectivity index (χ1n) is 6.34. The van der Waals surface area contributed by atoms with Gasteiger partial charge in [-0.15, -0.1) is 10.2 Å². The maximum absolute atomic E-state index is 11.7. The van der Waals surface area contributed by atoms with Crippen molar-refractivity contribution in [3.63, 3.8) is 0 Å². The minimum Gasteiger partial charge on any atom is -0.297 e. The van der Waals surface area contributed by atoms with Gasteiger partial charge in [0.2, 0.25) is 0 Å². The van der Waals surface area contributed by atoms with Gasteiger partial charge in [-0.3, -0.25) is 4.57 Å². The molecule has 5 nitrogen and oxygen atoms in total. The van der Waals surface area contributed by atoms with E-state index in [0.717, 1.165) is 15.6 Å². The third kappa shape index (κ3) is 3.64. The molecule has 0 aliphatic carbocycles. The number of hydrogen-bond donors (Lipinski definition) is 0. The number of hydrogen-bond acceptors (Lipinski definition) is 4. The Morgan fingerprint density at radius 3 is 2.57 bits per heavy atom. The van der Waals surface area contributed by atoms with Crippen LogP contribution < -0.4 is 0 Å². The molecule has 0 bridgehead atoms. The molecule has 114 valence electrons. The summed E-state index contributed by atoms with van der Waals surface area (Å²) in [4.78, 5) is 0. The molecule has 2 aromatic rings. The monoisotopic (exact) mass is 391 g/mol. The van der Waals surface area contributed by atoms with Crippen molar-refractivity contribution >= 4 is 35.7 Å². The molecule has 2 rings (SSSR count). The maximum atomic E-state index is 11.7. The normalized spacial score (nSPS) is 12.1. The van der Waals surface area contributed by atoms with Crippen LogP contribution in [0.3, 0.4) is 0 Å². The van der Waals surface area contributed by atoms with E-state index in [1.807, 2.05) is 39.0 Å². The lowest BCUT2D eigenvalue weighted by molar-refractivity contribution is 0.488. The molecule has 0 N–H and O–H groups in total. The van der Waals surface area contributed by atoms with Crippen LogP contribution in [0.1, 0.15) is 19.4 Å². The minimum absolute atomic E-state index is 0.216. The molecule has 1 aromatic heterocycles. The number of aryl methyl sites for hydroxylation is 1. The van der Waals surface area contributed by atoms with Crippen LogP contribution in [0.25, 0.3) is 11.4 Å². The summed E-state index contributed by atoms with van der Waals surface area (Å²) >= 11 is 3.41. The van der Waals surface area contributed by atoms with Gasteiger partial charge in [-0.25, -0.2) is 8.42 Å². The van der Waals surface area contributed by atoms with Crippen molar-refractivity contribution in [3.05, 3.63) is 28.2 Å². The highest BCUT2D eigenvalue weighted by Crippen LogP contribution is 2.28. The summed E-state index contributed by atoms with van der Waals surface area (Å²) < 4.78 is 25.8. The van der Waals surface area contributed by atoms with Crippen molar-refractivity contribution in [1.29, 1.82) is 0 Å². The number of nitrogens with zero attached hydrogens (tertiary/aromatic N) is 3.